The van der Waals surface area contributed by atoms with Crippen LogP contribution in [0.1, 0.15) is 27.2 Å². The number of amides is 1. The molecule has 7 heteroatoms. The van der Waals surface area contributed by atoms with Gasteiger partial charge in [0.25, 0.3) is 5.56 Å². The molecule has 0 bridgehead atoms. The summed E-state index contributed by atoms with van der Waals surface area (Å²) in [7, 11) is 0. The number of hydrogen-bond donors (Lipinski definition) is 1. The zero-order chi connectivity index (χ0) is 17.0. The van der Waals surface area contributed by atoms with E-state index in [0.29, 0.717) is 22.6 Å². The fraction of sp³-hybridized carbons (Fsp3) is 0.438. The molecule has 0 unspecified atom stereocenters. The van der Waals surface area contributed by atoms with Gasteiger partial charge in [-0.1, -0.05) is 34.6 Å². The molecular formula is C16H20BrN3O2S. The Morgan fingerprint density at radius 1 is 1.43 bits per heavy atom. The summed E-state index contributed by atoms with van der Waals surface area (Å²) in [6.45, 7) is 6.43. The van der Waals surface area contributed by atoms with Gasteiger partial charge in [0.1, 0.15) is 0 Å². The van der Waals surface area contributed by atoms with Crippen molar-refractivity contribution in [3.63, 3.8) is 0 Å². The summed E-state index contributed by atoms with van der Waals surface area (Å²) in [5.41, 5.74) is 0.585. The molecule has 2 rings (SSSR count). The monoisotopic (exact) mass is 397 g/mol. The second-order valence-electron chi connectivity index (χ2n) is 5.52. The standard InChI is InChI=1S/C16H20BrN3O2S/c1-4-7-20-15(22)12-8-11(17)5-6-13(12)19-16(20)23-9-14(21)18-10(2)3/h5-6,8,10H,4,7,9H2,1-3H3,(H,18,21). The van der Waals surface area contributed by atoms with Crippen molar-refractivity contribution < 1.29 is 4.79 Å². The highest BCUT2D eigenvalue weighted by molar-refractivity contribution is 9.10. The van der Waals surface area contributed by atoms with Crippen molar-refractivity contribution in [3.05, 3.63) is 33.0 Å². The number of nitrogens with one attached hydrogen (secondary N) is 1. The number of carbonyl (C=O) groups is 1. The lowest BCUT2D eigenvalue weighted by molar-refractivity contribution is -0.119. The van der Waals surface area contributed by atoms with Crippen LogP contribution in [0.4, 0.5) is 0 Å². The fourth-order valence-corrected chi connectivity index (χ4v) is 3.39. The molecule has 0 fully saturated rings. The van der Waals surface area contributed by atoms with E-state index in [1.165, 1.54) is 11.8 Å². The average molecular weight is 398 g/mol. The maximum Gasteiger partial charge on any atom is 0.262 e. The summed E-state index contributed by atoms with van der Waals surface area (Å²) >= 11 is 4.69. The highest BCUT2D eigenvalue weighted by Crippen LogP contribution is 2.20. The molecule has 0 atom stereocenters. The fourth-order valence-electron chi connectivity index (χ4n) is 2.20. The predicted octanol–water partition coefficient (Wildman–Crippen LogP) is 3.19. The summed E-state index contributed by atoms with van der Waals surface area (Å²) < 4.78 is 2.51. The van der Waals surface area contributed by atoms with Crippen LogP contribution in [-0.4, -0.2) is 27.3 Å². The highest BCUT2D eigenvalue weighted by atomic mass is 79.9. The molecule has 1 amide bonds. The number of benzene rings is 1. The lowest BCUT2D eigenvalue weighted by atomic mass is 10.2. The average Bonchev–Trinajstić information content (AvgIpc) is 2.48. The van der Waals surface area contributed by atoms with Gasteiger partial charge in [-0.25, -0.2) is 4.98 Å². The van der Waals surface area contributed by atoms with Gasteiger partial charge in [0.2, 0.25) is 5.91 Å². The zero-order valence-electron chi connectivity index (χ0n) is 13.4. The smallest absolute Gasteiger partial charge is 0.262 e. The summed E-state index contributed by atoms with van der Waals surface area (Å²) in [5, 5.41) is 4.02. The molecule has 0 aliphatic rings. The van der Waals surface area contributed by atoms with Crippen LogP contribution < -0.4 is 10.9 Å². The third-order valence-corrected chi connectivity index (χ3v) is 4.58. The first-order valence-electron chi connectivity index (χ1n) is 7.54. The Balaban J connectivity index is 2.37. The lowest BCUT2D eigenvalue weighted by Gasteiger charge is -2.13. The molecule has 0 aliphatic heterocycles. The van der Waals surface area contributed by atoms with E-state index in [-0.39, 0.29) is 23.3 Å². The molecule has 0 radical (unpaired) electrons. The van der Waals surface area contributed by atoms with Crippen molar-refractivity contribution in [2.24, 2.45) is 0 Å². The van der Waals surface area contributed by atoms with Gasteiger partial charge < -0.3 is 5.32 Å². The quantitative estimate of drug-likeness (QED) is 0.600. The third-order valence-electron chi connectivity index (χ3n) is 3.11. The number of carbonyl (C=O) groups excluding carboxylic acids is 1. The van der Waals surface area contributed by atoms with E-state index in [2.05, 4.69) is 26.2 Å². The number of rotatable bonds is 6. The van der Waals surface area contributed by atoms with E-state index < -0.39 is 0 Å². The van der Waals surface area contributed by atoms with E-state index in [9.17, 15) is 9.59 Å². The number of aromatic nitrogens is 2. The Hall–Kier alpha value is -1.34. The normalized spacial score (nSPS) is 11.2. The van der Waals surface area contributed by atoms with Crippen LogP contribution in [0.15, 0.2) is 32.6 Å². The maximum absolute atomic E-state index is 12.7. The Morgan fingerprint density at radius 2 is 2.17 bits per heavy atom. The summed E-state index contributed by atoms with van der Waals surface area (Å²) in [6.07, 6.45) is 0.826. The van der Waals surface area contributed by atoms with Crippen LogP contribution in [0.25, 0.3) is 10.9 Å². The molecule has 0 spiro atoms. The number of halogens is 1. The molecule has 0 aliphatic carbocycles. The van der Waals surface area contributed by atoms with Gasteiger partial charge in [-0.15, -0.1) is 0 Å². The first kappa shape index (κ1) is 18.0. The van der Waals surface area contributed by atoms with E-state index in [1.54, 1.807) is 10.6 Å². The molecule has 0 saturated carbocycles. The Kier molecular flexibility index (Phi) is 6.24. The van der Waals surface area contributed by atoms with Gasteiger partial charge in [-0.2, -0.15) is 0 Å². The van der Waals surface area contributed by atoms with Crippen LogP contribution >= 0.6 is 27.7 Å². The largest absolute Gasteiger partial charge is 0.353 e. The van der Waals surface area contributed by atoms with Crippen molar-refractivity contribution in [2.45, 2.75) is 44.9 Å². The topological polar surface area (TPSA) is 64.0 Å². The third kappa shape index (κ3) is 4.57. The molecule has 1 heterocycles. The first-order valence-corrected chi connectivity index (χ1v) is 9.32. The molecule has 1 aromatic carbocycles. The minimum atomic E-state index is -0.0649. The Bertz CT molecular complexity index is 774. The molecule has 1 aromatic heterocycles. The highest BCUT2D eigenvalue weighted by Gasteiger charge is 2.13. The maximum atomic E-state index is 12.7. The minimum Gasteiger partial charge on any atom is -0.353 e. The van der Waals surface area contributed by atoms with Crippen molar-refractivity contribution >= 4 is 44.5 Å². The van der Waals surface area contributed by atoms with Crippen molar-refractivity contribution in [1.82, 2.24) is 14.9 Å². The van der Waals surface area contributed by atoms with Crippen LogP contribution in [-0.2, 0) is 11.3 Å². The Morgan fingerprint density at radius 3 is 2.83 bits per heavy atom. The number of hydrogen-bond acceptors (Lipinski definition) is 4. The minimum absolute atomic E-state index is 0.0572. The predicted molar refractivity (Wildman–Crippen MR) is 98.0 cm³/mol. The molecule has 23 heavy (non-hydrogen) atoms. The molecule has 1 N–H and O–H groups in total. The number of thioether (sulfide) groups is 1. The number of fused-ring (bicyclic) bond motifs is 1. The van der Waals surface area contributed by atoms with Crippen molar-refractivity contribution in [3.8, 4) is 0 Å². The van der Waals surface area contributed by atoms with Crippen molar-refractivity contribution in [2.75, 3.05) is 5.75 Å². The molecule has 5 nitrogen and oxygen atoms in total. The number of nitrogens with zero attached hydrogens (tertiary/aromatic N) is 2. The van der Waals surface area contributed by atoms with Gasteiger partial charge >= 0.3 is 0 Å². The molecule has 2 aromatic rings. The van der Waals surface area contributed by atoms with Gasteiger partial charge in [0, 0.05) is 17.1 Å². The van der Waals surface area contributed by atoms with Gasteiger partial charge in [0.05, 0.1) is 16.7 Å². The molecule has 124 valence electrons. The van der Waals surface area contributed by atoms with E-state index >= 15 is 0 Å². The SMILES string of the molecule is CCCn1c(SCC(=O)NC(C)C)nc2ccc(Br)cc2c1=O. The summed E-state index contributed by atoms with van der Waals surface area (Å²) in [6, 6.07) is 5.56. The van der Waals surface area contributed by atoms with Gasteiger partial charge in [-0.05, 0) is 38.5 Å². The van der Waals surface area contributed by atoms with Crippen LogP contribution in [0.3, 0.4) is 0 Å². The lowest BCUT2D eigenvalue weighted by Crippen LogP contribution is -2.32. The Labute approximate surface area is 148 Å². The second kappa shape index (κ2) is 7.97. The van der Waals surface area contributed by atoms with Crippen LogP contribution in [0.5, 0.6) is 0 Å². The van der Waals surface area contributed by atoms with Crippen LogP contribution in [0, 0.1) is 0 Å². The van der Waals surface area contributed by atoms with E-state index in [1.807, 2.05) is 32.9 Å². The first-order chi connectivity index (χ1) is 10.9. The van der Waals surface area contributed by atoms with E-state index in [4.69, 9.17) is 0 Å². The van der Waals surface area contributed by atoms with E-state index in [0.717, 1.165) is 10.9 Å². The van der Waals surface area contributed by atoms with Crippen molar-refractivity contribution in [1.29, 1.82) is 0 Å². The molecular weight excluding hydrogens is 378 g/mol. The van der Waals surface area contributed by atoms with Gasteiger partial charge in [-0.3, -0.25) is 14.2 Å². The van der Waals surface area contributed by atoms with Gasteiger partial charge in [0.15, 0.2) is 5.16 Å². The summed E-state index contributed by atoms with van der Waals surface area (Å²) in [4.78, 5) is 29.1. The summed E-state index contributed by atoms with van der Waals surface area (Å²) in [5.74, 6) is 0.189. The molecule has 0 saturated heterocycles. The zero-order valence-corrected chi connectivity index (χ0v) is 15.8. The van der Waals surface area contributed by atoms with Crippen LogP contribution in [0.2, 0.25) is 0 Å². The second-order valence-corrected chi connectivity index (χ2v) is 7.38.